The van der Waals surface area contributed by atoms with Gasteiger partial charge in [0.15, 0.2) is 12.0 Å². The lowest BCUT2D eigenvalue weighted by atomic mass is 9.94. The molecule has 0 aliphatic carbocycles. The Hall–Kier alpha value is -1.71. The summed E-state index contributed by atoms with van der Waals surface area (Å²) in [7, 11) is 1.38. The lowest BCUT2D eigenvalue weighted by molar-refractivity contribution is -0.114. The Morgan fingerprint density at radius 3 is 2.64 bits per heavy atom. The van der Waals surface area contributed by atoms with Gasteiger partial charge in [0, 0.05) is 25.8 Å². The first-order valence-corrected chi connectivity index (χ1v) is 6.52. The Morgan fingerprint density at radius 1 is 1.45 bits per heavy atom. The monoisotopic (exact) mass is 326 g/mol. The number of halogens is 5. The molecule has 124 valence electrons. The molecule has 2 atom stereocenters. The third kappa shape index (κ3) is 3.37. The van der Waals surface area contributed by atoms with E-state index in [0.29, 0.717) is 0 Å². The van der Waals surface area contributed by atoms with Crippen LogP contribution in [-0.2, 0) is 4.79 Å². The van der Waals surface area contributed by atoms with Gasteiger partial charge in [-0.15, -0.1) is 5.10 Å². The Morgan fingerprint density at radius 2 is 2.09 bits per heavy atom. The quantitative estimate of drug-likeness (QED) is 0.866. The molecule has 1 aromatic heterocycles. The number of aromatic nitrogens is 2. The summed E-state index contributed by atoms with van der Waals surface area (Å²) in [5, 5.41) is 4.88. The molecule has 1 fully saturated rings. The summed E-state index contributed by atoms with van der Waals surface area (Å²) in [4.78, 5) is 12.1. The van der Waals surface area contributed by atoms with E-state index in [1.165, 1.54) is 11.9 Å². The van der Waals surface area contributed by atoms with Gasteiger partial charge >= 0.3 is 0 Å². The molecular weight excluding hydrogens is 311 g/mol. The molecule has 1 aromatic rings. The number of carbonyl (C=O) groups excluding carboxylic acids is 1. The number of piperidine rings is 1. The average Bonchev–Trinajstić information content (AvgIpc) is 2.63. The van der Waals surface area contributed by atoms with Crippen molar-refractivity contribution in [3.05, 3.63) is 11.9 Å². The zero-order valence-electron chi connectivity index (χ0n) is 11.9. The molecule has 2 rings (SSSR count). The molecule has 0 spiro atoms. The number of alkyl halides is 3. The van der Waals surface area contributed by atoms with Gasteiger partial charge in [0.25, 0.3) is 11.9 Å². The highest BCUT2D eigenvalue weighted by Gasteiger charge is 2.43. The second-order valence-corrected chi connectivity index (χ2v) is 5.47. The molecule has 5 nitrogen and oxygen atoms in total. The number of anilines is 1. The van der Waals surface area contributed by atoms with Crippen LogP contribution < -0.4 is 5.32 Å². The van der Waals surface area contributed by atoms with Crippen LogP contribution in [0.3, 0.4) is 0 Å². The fraction of sp³-hybridized carbons (Fsp3) is 0.667. The van der Waals surface area contributed by atoms with E-state index in [0.717, 1.165) is 6.92 Å². The minimum absolute atomic E-state index is 0.0485. The standard InChI is InChI=1S/C12H15F5N4O/c1-6(22)18-8-9(13)19-21(11(8)15)10(14)7-3-12(16,17)5-20(2)4-7/h7,10H,3-5H2,1-2H3,(H,18,22). The van der Waals surface area contributed by atoms with E-state index in [1.807, 2.05) is 5.32 Å². The zero-order valence-corrected chi connectivity index (χ0v) is 11.9. The van der Waals surface area contributed by atoms with Crippen molar-refractivity contribution in [2.75, 3.05) is 25.5 Å². The normalized spacial score (nSPS) is 23.3. The molecule has 22 heavy (non-hydrogen) atoms. The lowest BCUT2D eigenvalue weighted by Gasteiger charge is -2.36. The van der Waals surface area contributed by atoms with E-state index >= 15 is 0 Å². The van der Waals surface area contributed by atoms with Crippen molar-refractivity contribution in [2.24, 2.45) is 5.92 Å². The van der Waals surface area contributed by atoms with Gasteiger partial charge in [-0.1, -0.05) is 0 Å². The molecule has 0 bridgehead atoms. The number of rotatable bonds is 3. The van der Waals surface area contributed by atoms with Crippen LogP contribution in [0.5, 0.6) is 0 Å². The lowest BCUT2D eigenvalue weighted by Crippen LogP contribution is -2.47. The maximum atomic E-state index is 14.4. The minimum atomic E-state index is -3.12. The Labute approximate surface area is 123 Å². The highest BCUT2D eigenvalue weighted by molar-refractivity contribution is 5.88. The van der Waals surface area contributed by atoms with E-state index in [2.05, 4.69) is 5.10 Å². The van der Waals surface area contributed by atoms with Gasteiger partial charge in [-0.25, -0.2) is 17.9 Å². The first kappa shape index (κ1) is 16.7. The number of hydrogen-bond donors (Lipinski definition) is 1. The van der Waals surface area contributed by atoms with E-state index in [1.54, 1.807) is 0 Å². The first-order chi connectivity index (χ1) is 10.1. The van der Waals surface area contributed by atoms with E-state index in [4.69, 9.17) is 0 Å². The molecule has 2 unspecified atom stereocenters. The molecule has 1 aliphatic heterocycles. The smallest absolute Gasteiger partial charge is 0.261 e. The number of likely N-dealkylation sites (tertiary alicyclic amines) is 1. The maximum Gasteiger partial charge on any atom is 0.261 e. The summed E-state index contributed by atoms with van der Waals surface area (Å²) in [6.45, 7) is 0.441. The summed E-state index contributed by atoms with van der Waals surface area (Å²) < 4.78 is 68.8. The summed E-state index contributed by atoms with van der Waals surface area (Å²) in [5.41, 5.74) is -0.897. The fourth-order valence-electron chi connectivity index (χ4n) is 2.59. The molecule has 1 amide bonds. The Balaban J connectivity index is 2.26. The Bertz CT molecular complexity index is 576. The van der Waals surface area contributed by atoms with Gasteiger partial charge in [-0.2, -0.15) is 8.78 Å². The van der Waals surface area contributed by atoms with Crippen molar-refractivity contribution in [1.29, 1.82) is 0 Å². The largest absolute Gasteiger partial charge is 0.319 e. The van der Waals surface area contributed by atoms with Gasteiger partial charge < -0.3 is 10.2 Å². The second kappa shape index (κ2) is 5.82. The second-order valence-electron chi connectivity index (χ2n) is 5.47. The third-order valence-corrected chi connectivity index (χ3v) is 3.34. The van der Waals surface area contributed by atoms with Crippen LogP contribution in [-0.4, -0.2) is 46.6 Å². The molecule has 0 aromatic carbocycles. The van der Waals surface area contributed by atoms with Gasteiger partial charge in [-0.3, -0.25) is 4.79 Å². The molecule has 1 aliphatic rings. The van der Waals surface area contributed by atoms with Gasteiger partial charge in [-0.05, 0) is 7.05 Å². The third-order valence-electron chi connectivity index (χ3n) is 3.34. The summed E-state index contributed by atoms with van der Waals surface area (Å²) in [6, 6.07) is 0. The molecule has 1 N–H and O–H groups in total. The van der Waals surface area contributed by atoms with Crippen molar-refractivity contribution in [1.82, 2.24) is 14.7 Å². The molecular formula is C12H15F5N4O. The maximum absolute atomic E-state index is 14.4. The molecule has 0 radical (unpaired) electrons. The van der Waals surface area contributed by atoms with Gasteiger partial charge in [0.1, 0.15) is 0 Å². The van der Waals surface area contributed by atoms with Crippen molar-refractivity contribution >= 4 is 11.6 Å². The van der Waals surface area contributed by atoms with Crippen LogP contribution >= 0.6 is 0 Å². The van der Waals surface area contributed by atoms with Crippen LogP contribution in [0.2, 0.25) is 0 Å². The predicted molar refractivity (Wildman–Crippen MR) is 67.1 cm³/mol. The fourth-order valence-corrected chi connectivity index (χ4v) is 2.59. The molecule has 0 saturated carbocycles. The van der Waals surface area contributed by atoms with Crippen molar-refractivity contribution < 1.29 is 26.7 Å². The molecule has 2 heterocycles. The van der Waals surface area contributed by atoms with E-state index in [-0.39, 0.29) is 11.2 Å². The topological polar surface area (TPSA) is 50.2 Å². The van der Waals surface area contributed by atoms with Gasteiger partial charge in [0.2, 0.25) is 11.9 Å². The van der Waals surface area contributed by atoms with Crippen LogP contribution in [0, 0.1) is 17.8 Å². The number of nitrogens with one attached hydrogen (secondary N) is 1. The SMILES string of the molecule is CC(=O)Nc1c(F)nn(C(F)C2CN(C)CC(F)(F)C2)c1F. The number of nitrogens with zero attached hydrogens (tertiary/aromatic N) is 3. The van der Waals surface area contributed by atoms with Crippen LogP contribution in [0.25, 0.3) is 0 Å². The molecule has 1 saturated heterocycles. The minimum Gasteiger partial charge on any atom is -0.319 e. The summed E-state index contributed by atoms with van der Waals surface area (Å²) in [5.74, 6) is -8.00. The highest BCUT2D eigenvalue weighted by Crippen LogP contribution is 2.37. The predicted octanol–water partition coefficient (Wildman–Crippen LogP) is 2.17. The van der Waals surface area contributed by atoms with E-state index in [9.17, 15) is 26.7 Å². The number of hydrogen-bond acceptors (Lipinski definition) is 3. The van der Waals surface area contributed by atoms with Gasteiger partial charge in [0.05, 0.1) is 6.54 Å². The summed E-state index contributed by atoms with van der Waals surface area (Å²) >= 11 is 0. The van der Waals surface area contributed by atoms with E-state index < -0.39 is 54.6 Å². The van der Waals surface area contributed by atoms with Crippen molar-refractivity contribution in [3.63, 3.8) is 0 Å². The van der Waals surface area contributed by atoms with Crippen LogP contribution in [0.1, 0.15) is 19.6 Å². The molecule has 10 heteroatoms. The Kier molecular flexibility index (Phi) is 4.41. The van der Waals surface area contributed by atoms with Crippen molar-refractivity contribution in [2.45, 2.75) is 25.6 Å². The van der Waals surface area contributed by atoms with Crippen LogP contribution in [0.4, 0.5) is 27.6 Å². The highest BCUT2D eigenvalue weighted by atomic mass is 19.3. The number of carbonyl (C=O) groups is 1. The summed E-state index contributed by atoms with van der Waals surface area (Å²) in [6.07, 6.45) is -3.07. The first-order valence-electron chi connectivity index (χ1n) is 6.52. The zero-order chi connectivity index (χ0) is 16.7. The van der Waals surface area contributed by atoms with Crippen LogP contribution in [0.15, 0.2) is 0 Å². The number of amides is 1. The average molecular weight is 326 g/mol. The van der Waals surface area contributed by atoms with Crippen molar-refractivity contribution in [3.8, 4) is 0 Å².